The second kappa shape index (κ2) is 3.37. The van der Waals surface area contributed by atoms with Crippen molar-refractivity contribution in [3.63, 3.8) is 0 Å². The summed E-state index contributed by atoms with van der Waals surface area (Å²) in [5.41, 5.74) is 1.55. The van der Waals surface area contributed by atoms with Crippen molar-refractivity contribution in [1.29, 1.82) is 0 Å². The molecule has 0 amide bonds. The van der Waals surface area contributed by atoms with Gasteiger partial charge in [-0.05, 0) is 6.07 Å². The lowest BCUT2D eigenvalue weighted by Gasteiger charge is -2.04. The molecule has 2 heterocycles. The Hall–Kier alpha value is -2.04. The minimum atomic E-state index is 0.727. The van der Waals surface area contributed by atoms with Gasteiger partial charge in [-0.1, -0.05) is 0 Å². The molecule has 72 valence electrons. The normalized spacial score (nSPS) is 11.2. The molecule has 14 heavy (non-hydrogen) atoms. The fourth-order valence-corrected chi connectivity index (χ4v) is 1.40. The Bertz CT molecular complexity index is 475. The van der Waals surface area contributed by atoms with E-state index in [1.54, 1.807) is 13.3 Å². The van der Waals surface area contributed by atoms with Crippen molar-refractivity contribution in [2.45, 2.75) is 0 Å². The molecule has 5 nitrogen and oxygen atoms in total. The van der Waals surface area contributed by atoms with E-state index in [0.717, 1.165) is 22.3 Å². The van der Waals surface area contributed by atoms with E-state index in [0.29, 0.717) is 0 Å². The number of nitrogens with zero attached hydrogens (tertiary/aromatic N) is 2. The summed E-state index contributed by atoms with van der Waals surface area (Å²) in [5, 5.41) is 4.37. The maximum atomic E-state index is 5.26. The molecule has 0 radical (unpaired) electrons. The van der Waals surface area contributed by atoms with Crippen LogP contribution in [0.4, 0.5) is 0 Å². The summed E-state index contributed by atoms with van der Waals surface area (Å²) in [4.78, 5) is 7.18. The average molecular weight is 190 g/mol. The van der Waals surface area contributed by atoms with Crippen LogP contribution in [0.5, 0.6) is 5.75 Å². The Morgan fingerprint density at radius 3 is 3.21 bits per heavy atom. The van der Waals surface area contributed by atoms with E-state index >= 15 is 0 Å². The van der Waals surface area contributed by atoms with Gasteiger partial charge in [0.05, 0.1) is 24.3 Å². The summed E-state index contributed by atoms with van der Waals surface area (Å²) in [5.74, 6) is 5.81. The molecule has 0 aromatic carbocycles. The third kappa shape index (κ3) is 1.19. The van der Waals surface area contributed by atoms with Crippen LogP contribution >= 0.6 is 0 Å². The Morgan fingerprint density at radius 2 is 2.50 bits per heavy atom. The van der Waals surface area contributed by atoms with Gasteiger partial charge in [-0.3, -0.25) is 0 Å². The van der Waals surface area contributed by atoms with Crippen LogP contribution in [0, 0.1) is 0 Å². The van der Waals surface area contributed by atoms with Gasteiger partial charge in [0.15, 0.2) is 0 Å². The smallest absolute Gasteiger partial charge is 0.141 e. The van der Waals surface area contributed by atoms with E-state index in [1.807, 2.05) is 12.3 Å². The van der Waals surface area contributed by atoms with Gasteiger partial charge < -0.3 is 15.6 Å². The molecule has 0 saturated heterocycles. The minimum absolute atomic E-state index is 0.727. The van der Waals surface area contributed by atoms with Gasteiger partial charge >= 0.3 is 0 Å². The first-order chi connectivity index (χ1) is 6.86. The lowest BCUT2D eigenvalue weighted by molar-refractivity contribution is 0.419. The molecule has 0 unspecified atom stereocenters. The molecule has 0 spiro atoms. The fraction of sp³-hybridized carbons (Fsp3) is 0.111. The molecule has 0 atom stereocenters. The molecular formula is C9H10N4O. The molecule has 0 saturated carbocycles. The number of ether oxygens (including phenoxy) is 1. The lowest BCUT2D eigenvalue weighted by atomic mass is 10.2. The Kier molecular flexibility index (Phi) is 2.06. The lowest BCUT2D eigenvalue weighted by Crippen LogP contribution is -1.95. The molecule has 2 aromatic rings. The molecule has 0 fully saturated rings. The van der Waals surface area contributed by atoms with Gasteiger partial charge in [0.1, 0.15) is 11.4 Å². The van der Waals surface area contributed by atoms with Crippen LogP contribution in [0.1, 0.15) is 5.56 Å². The predicted molar refractivity (Wildman–Crippen MR) is 54.4 cm³/mol. The summed E-state index contributed by atoms with van der Waals surface area (Å²) in [6, 6.07) is 1.90. The number of pyridine rings is 1. The summed E-state index contributed by atoms with van der Waals surface area (Å²) in [7, 11) is 1.61. The largest absolute Gasteiger partial charge is 0.495 e. The highest BCUT2D eigenvalue weighted by Crippen LogP contribution is 2.25. The van der Waals surface area contributed by atoms with Crippen LogP contribution in [0.25, 0.3) is 11.0 Å². The summed E-state index contributed by atoms with van der Waals surface area (Å²) in [6.45, 7) is 0. The van der Waals surface area contributed by atoms with Crippen molar-refractivity contribution < 1.29 is 4.74 Å². The van der Waals surface area contributed by atoms with E-state index in [2.05, 4.69) is 15.1 Å². The number of aromatic nitrogens is 2. The zero-order valence-corrected chi connectivity index (χ0v) is 7.69. The number of hydrogen-bond acceptors (Lipinski definition) is 4. The number of H-pyrrole nitrogens is 1. The van der Waals surface area contributed by atoms with Gasteiger partial charge in [0.25, 0.3) is 0 Å². The van der Waals surface area contributed by atoms with Crippen molar-refractivity contribution in [3.05, 3.63) is 24.0 Å². The van der Waals surface area contributed by atoms with Crippen molar-refractivity contribution in [3.8, 4) is 5.75 Å². The first kappa shape index (κ1) is 8.55. The van der Waals surface area contributed by atoms with Crippen molar-refractivity contribution >= 4 is 17.2 Å². The Balaban J connectivity index is 2.72. The minimum Gasteiger partial charge on any atom is -0.495 e. The van der Waals surface area contributed by atoms with Gasteiger partial charge in [-0.25, -0.2) is 4.98 Å². The summed E-state index contributed by atoms with van der Waals surface area (Å²) >= 11 is 0. The topological polar surface area (TPSA) is 76.3 Å². The molecule has 0 aliphatic carbocycles. The first-order valence-electron chi connectivity index (χ1n) is 4.10. The van der Waals surface area contributed by atoms with Crippen molar-refractivity contribution in [2.75, 3.05) is 7.11 Å². The molecule has 2 aromatic heterocycles. The number of methoxy groups -OCH3 is 1. The van der Waals surface area contributed by atoms with E-state index in [4.69, 9.17) is 10.6 Å². The number of aromatic amines is 1. The van der Waals surface area contributed by atoms with E-state index in [1.165, 1.54) is 6.21 Å². The molecule has 3 N–H and O–H groups in total. The maximum absolute atomic E-state index is 5.26. The number of hydrazone groups is 1. The highest BCUT2D eigenvalue weighted by molar-refractivity contribution is 5.93. The van der Waals surface area contributed by atoms with Crippen LogP contribution in [0.3, 0.4) is 0 Å². The highest BCUT2D eigenvalue weighted by atomic mass is 16.5. The van der Waals surface area contributed by atoms with Gasteiger partial charge in [0, 0.05) is 12.4 Å². The Labute approximate surface area is 80.6 Å². The van der Waals surface area contributed by atoms with E-state index in [9.17, 15) is 0 Å². The third-order valence-corrected chi connectivity index (χ3v) is 1.98. The van der Waals surface area contributed by atoms with Crippen molar-refractivity contribution in [1.82, 2.24) is 9.97 Å². The Morgan fingerprint density at radius 1 is 1.64 bits per heavy atom. The average Bonchev–Trinajstić information content (AvgIpc) is 2.66. The molecule has 0 aliphatic heterocycles. The summed E-state index contributed by atoms with van der Waals surface area (Å²) < 4.78 is 5.26. The molecule has 0 bridgehead atoms. The molecular weight excluding hydrogens is 180 g/mol. The predicted octanol–water partition coefficient (Wildman–Crippen LogP) is 0.864. The fourth-order valence-electron chi connectivity index (χ4n) is 1.40. The standard InChI is InChI=1S/C9H10N4O/c1-14-8-6(5-13-10)4-12-9-7(8)2-3-11-9/h2-5H,10H2,1H3,(H,11,12). The number of nitrogens with one attached hydrogen (secondary N) is 1. The van der Waals surface area contributed by atoms with Crippen LogP contribution in [-0.4, -0.2) is 23.3 Å². The quantitative estimate of drug-likeness (QED) is 0.419. The third-order valence-electron chi connectivity index (χ3n) is 1.98. The first-order valence-corrected chi connectivity index (χ1v) is 4.10. The SMILES string of the molecule is COc1c(C=NN)cnc2[nH]ccc12. The van der Waals surface area contributed by atoms with E-state index in [-0.39, 0.29) is 0 Å². The van der Waals surface area contributed by atoms with Crippen LogP contribution in [0.2, 0.25) is 0 Å². The summed E-state index contributed by atoms with van der Waals surface area (Å²) in [6.07, 6.45) is 4.98. The van der Waals surface area contributed by atoms with Crippen LogP contribution in [0.15, 0.2) is 23.6 Å². The zero-order valence-electron chi connectivity index (χ0n) is 7.69. The number of hydrogen-bond donors (Lipinski definition) is 2. The zero-order chi connectivity index (χ0) is 9.97. The maximum Gasteiger partial charge on any atom is 0.141 e. The van der Waals surface area contributed by atoms with Crippen LogP contribution < -0.4 is 10.6 Å². The van der Waals surface area contributed by atoms with Gasteiger partial charge in [-0.2, -0.15) is 5.10 Å². The van der Waals surface area contributed by atoms with E-state index < -0.39 is 0 Å². The van der Waals surface area contributed by atoms with Crippen molar-refractivity contribution in [2.24, 2.45) is 10.9 Å². The highest BCUT2D eigenvalue weighted by Gasteiger charge is 2.07. The second-order valence-corrected chi connectivity index (χ2v) is 2.76. The second-order valence-electron chi connectivity index (χ2n) is 2.76. The number of fused-ring (bicyclic) bond motifs is 1. The number of nitrogens with two attached hydrogens (primary N) is 1. The number of rotatable bonds is 2. The molecule has 0 aliphatic rings. The molecule has 2 rings (SSSR count). The molecule has 5 heteroatoms. The monoisotopic (exact) mass is 190 g/mol. The van der Waals surface area contributed by atoms with Crippen LogP contribution in [-0.2, 0) is 0 Å². The van der Waals surface area contributed by atoms with Gasteiger partial charge in [0.2, 0.25) is 0 Å². The van der Waals surface area contributed by atoms with Gasteiger partial charge in [-0.15, -0.1) is 0 Å².